The number of nitriles is 1. The molecule has 6 heteroatoms. The van der Waals surface area contributed by atoms with E-state index in [0.717, 1.165) is 11.6 Å². The van der Waals surface area contributed by atoms with Crippen LogP contribution in [0.1, 0.15) is 18.1 Å². The van der Waals surface area contributed by atoms with Gasteiger partial charge in [0.25, 0.3) is 0 Å². The number of hydrogen-bond donors (Lipinski definition) is 0. The predicted octanol–water partition coefficient (Wildman–Crippen LogP) is 3.68. The Labute approximate surface area is 169 Å². The lowest BCUT2D eigenvalue weighted by molar-refractivity contribution is -0.139. The number of benzene rings is 2. The van der Waals surface area contributed by atoms with Gasteiger partial charge in [0.2, 0.25) is 0 Å². The number of nitrogens with zero attached hydrogens (tertiary/aromatic N) is 1. The molecule has 0 aliphatic carbocycles. The predicted molar refractivity (Wildman–Crippen MR) is 108 cm³/mol. The van der Waals surface area contributed by atoms with Gasteiger partial charge in [0, 0.05) is 11.6 Å². The number of rotatable bonds is 9. The van der Waals surface area contributed by atoms with E-state index in [0.29, 0.717) is 16.9 Å². The molecule has 2 aromatic carbocycles. The van der Waals surface area contributed by atoms with Crippen LogP contribution >= 0.6 is 0 Å². The summed E-state index contributed by atoms with van der Waals surface area (Å²) >= 11 is 0. The molecule has 148 valence electrons. The van der Waals surface area contributed by atoms with E-state index in [9.17, 15) is 14.9 Å². The van der Waals surface area contributed by atoms with Crippen LogP contribution in [0.2, 0.25) is 0 Å². The molecule has 0 bridgehead atoms. The molecule has 0 N–H and O–H groups in total. The van der Waals surface area contributed by atoms with Gasteiger partial charge in [-0.3, -0.25) is 0 Å². The minimum Gasteiger partial charge on any atom is -0.490 e. The van der Waals surface area contributed by atoms with Crippen LogP contribution < -0.4 is 4.74 Å². The highest BCUT2D eigenvalue weighted by Crippen LogP contribution is 2.29. The van der Waals surface area contributed by atoms with Gasteiger partial charge in [-0.15, -0.1) is 0 Å². The first-order chi connectivity index (χ1) is 14.1. The Morgan fingerprint density at radius 2 is 1.66 bits per heavy atom. The molecule has 0 spiro atoms. The average Bonchev–Trinajstić information content (AvgIpc) is 2.76. The minimum atomic E-state index is -0.668. The van der Waals surface area contributed by atoms with Gasteiger partial charge < -0.3 is 14.2 Å². The summed E-state index contributed by atoms with van der Waals surface area (Å²) in [5, 5.41) is 9.60. The van der Waals surface area contributed by atoms with Crippen molar-refractivity contribution in [2.75, 3.05) is 19.8 Å². The summed E-state index contributed by atoms with van der Waals surface area (Å²) < 4.78 is 15.4. The molecule has 0 fully saturated rings. The average molecular weight is 391 g/mol. The molecule has 0 aliphatic rings. The maximum absolute atomic E-state index is 12.3. The molecule has 2 aromatic rings. The van der Waals surface area contributed by atoms with Crippen molar-refractivity contribution < 1.29 is 23.8 Å². The zero-order valence-corrected chi connectivity index (χ0v) is 16.1. The van der Waals surface area contributed by atoms with Crippen molar-refractivity contribution in [3.05, 3.63) is 84.0 Å². The fourth-order valence-corrected chi connectivity index (χ4v) is 2.55. The first-order valence-electron chi connectivity index (χ1n) is 9.00. The number of hydrogen-bond acceptors (Lipinski definition) is 6. The highest BCUT2D eigenvalue weighted by atomic mass is 16.6. The van der Waals surface area contributed by atoms with E-state index in [1.807, 2.05) is 36.4 Å². The molecule has 0 unspecified atom stereocenters. The number of carbonyl (C=O) groups is 2. The molecule has 29 heavy (non-hydrogen) atoms. The quantitative estimate of drug-likeness (QED) is 0.281. The first kappa shape index (κ1) is 21.5. The van der Waals surface area contributed by atoms with E-state index in [1.54, 1.807) is 31.2 Å². The molecule has 0 radical (unpaired) electrons. The summed E-state index contributed by atoms with van der Waals surface area (Å²) in [6.45, 7) is 5.47. The van der Waals surface area contributed by atoms with Gasteiger partial charge in [-0.25, -0.2) is 9.59 Å². The SMILES string of the molecule is C=CC(=O)OCCOc1ccc(/C(=C(/C#N)C(=O)OCC)c2ccccc2)cc1. The molecule has 0 saturated heterocycles. The van der Waals surface area contributed by atoms with Crippen LogP contribution in [0, 0.1) is 11.3 Å². The first-order valence-corrected chi connectivity index (χ1v) is 9.00. The molecule has 0 atom stereocenters. The Balaban J connectivity index is 2.28. The largest absolute Gasteiger partial charge is 0.490 e. The van der Waals surface area contributed by atoms with Gasteiger partial charge >= 0.3 is 11.9 Å². The van der Waals surface area contributed by atoms with E-state index in [4.69, 9.17) is 14.2 Å². The molecule has 0 saturated carbocycles. The van der Waals surface area contributed by atoms with Gasteiger partial charge in [-0.2, -0.15) is 5.26 Å². The van der Waals surface area contributed by atoms with E-state index in [1.165, 1.54) is 0 Å². The number of ether oxygens (including phenoxy) is 3. The fourth-order valence-electron chi connectivity index (χ4n) is 2.55. The van der Waals surface area contributed by atoms with Crippen LogP contribution in [-0.2, 0) is 19.1 Å². The molecule has 0 aliphatic heterocycles. The van der Waals surface area contributed by atoms with Crippen LogP contribution in [0.15, 0.2) is 72.8 Å². The minimum absolute atomic E-state index is 0.0666. The standard InChI is InChI=1S/C23H21NO5/c1-3-21(25)29-15-14-28-19-12-10-18(11-13-19)22(17-8-6-5-7-9-17)20(16-24)23(26)27-4-2/h3,5-13H,1,4,14-15H2,2H3/b22-20-. The Kier molecular flexibility index (Phi) is 8.21. The molecule has 0 aromatic heterocycles. The van der Waals surface area contributed by atoms with Crippen LogP contribution in [0.25, 0.3) is 5.57 Å². The van der Waals surface area contributed by atoms with Crippen molar-refractivity contribution in [1.29, 1.82) is 5.26 Å². The summed E-state index contributed by atoms with van der Waals surface area (Å²) in [5.41, 5.74) is 1.81. The van der Waals surface area contributed by atoms with Crippen molar-refractivity contribution >= 4 is 17.5 Å². The van der Waals surface area contributed by atoms with Crippen LogP contribution in [-0.4, -0.2) is 31.8 Å². The van der Waals surface area contributed by atoms with Gasteiger partial charge in [-0.1, -0.05) is 49.0 Å². The zero-order chi connectivity index (χ0) is 21.1. The summed E-state index contributed by atoms with van der Waals surface area (Å²) in [4.78, 5) is 23.3. The van der Waals surface area contributed by atoms with Crippen molar-refractivity contribution in [3.63, 3.8) is 0 Å². The van der Waals surface area contributed by atoms with Gasteiger partial charge in [0.15, 0.2) is 0 Å². The third-order valence-corrected chi connectivity index (χ3v) is 3.81. The topological polar surface area (TPSA) is 85.6 Å². The molecule has 6 nitrogen and oxygen atoms in total. The smallest absolute Gasteiger partial charge is 0.349 e. The molecular formula is C23H21NO5. The fraction of sp³-hybridized carbons (Fsp3) is 0.174. The second-order valence-electron chi connectivity index (χ2n) is 5.69. The molecule has 2 rings (SSSR count). The molecular weight excluding hydrogens is 370 g/mol. The Bertz CT molecular complexity index is 924. The van der Waals surface area contributed by atoms with Gasteiger partial charge in [0.1, 0.15) is 30.6 Å². The highest BCUT2D eigenvalue weighted by Gasteiger charge is 2.19. The van der Waals surface area contributed by atoms with Gasteiger partial charge in [0.05, 0.1) is 6.61 Å². The van der Waals surface area contributed by atoms with Crippen LogP contribution in [0.5, 0.6) is 5.75 Å². The van der Waals surface area contributed by atoms with Crippen molar-refractivity contribution in [2.24, 2.45) is 0 Å². The third kappa shape index (κ3) is 6.08. The Morgan fingerprint density at radius 1 is 1.00 bits per heavy atom. The highest BCUT2D eigenvalue weighted by molar-refractivity contribution is 6.05. The van der Waals surface area contributed by atoms with Gasteiger partial charge in [-0.05, 0) is 30.2 Å². The summed E-state index contributed by atoms with van der Waals surface area (Å²) in [6, 6.07) is 18.1. The normalized spacial score (nSPS) is 10.9. The number of esters is 2. The number of carbonyl (C=O) groups excluding carboxylic acids is 2. The molecule has 0 heterocycles. The third-order valence-electron chi connectivity index (χ3n) is 3.81. The van der Waals surface area contributed by atoms with E-state index in [-0.39, 0.29) is 25.4 Å². The van der Waals surface area contributed by atoms with Crippen LogP contribution in [0.3, 0.4) is 0 Å². The Morgan fingerprint density at radius 3 is 2.24 bits per heavy atom. The van der Waals surface area contributed by atoms with Crippen molar-refractivity contribution in [2.45, 2.75) is 6.92 Å². The second kappa shape index (κ2) is 11.1. The van der Waals surface area contributed by atoms with E-state index < -0.39 is 11.9 Å². The lowest BCUT2D eigenvalue weighted by Crippen LogP contribution is -2.10. The maximum Gasteiger partial charge on any atom is 0.349 e. The summed E-state index contributed by atoms with van der Waals surface area (Å²) in [5.74, 6) is -0.617. The zero-order valence-electron chi connectivity index (χ0n) is 16.1. The maximum atomic E-state index is 12.3. The van der Waals surface area contributed by atoms with Crippen molar-refractivity contribution in [1.82, 2.24) is 0 Å². The second-order valence-corrected chi connectivity index (χ2v) is 5.69. The lowest BCUT2D eigenvalue weighted by Gasteiger charge is -2.12. The molecule has 0 amide bonds. The summed E-state index contributed by atoms with van der Waals surface area (Å²) in [6.07, 6.45) is 1.09. The lowest BCUT2D eigenvalue weighted by atomic mass is 9.93. The van der Waals surface area contributed by atoms with Crippen molar-refractivity contribution in [3.8, 4) is 11.8 Å². The Hall–Kier alpha value is -3.85. The van der Waals surface area contributed by atoms with E-state index >= 15 is 0 Å². The van der Waals surface area contributed by atoms with Crippen LogP contribution in [0.4, 0.5) is 0 Å². The monoisotopic (exact) mass is 391 g/mol. The van der Waals surface area contributed by atoms with E-state index in [2.05, 4.69) is 6.58 Å². The summed E-state index contributed by atoms with van der Waals surface area (Å²) in [7, 11) is 0.